The van der Waals surface area contributed by atoms with Crippen LogP contribution < -0.4 is 5.32 Å². The van der Waals surface area contributed by atoms with E-state index in [1.807, 2.05) is 6.08 Å². The Hall–Kier alpha value is -4.07. The minimum Gasteiger partial charge on any atom is -0.394 e. The molecule has 3 saturated heterocycles. The van der Waals surface area contributed by atoms with E-state index in [2.05, 4.69) is 141 Å². The molecule has 0 saturated carbocycles. The SMILES string of the molecule is CC/C=C\C/C=C\C/C=C\C/C=C\C/C=C\C/C=C\C/C=C\C/C=C\C/C=C\CCCCCC(=O)NC(COC1OC(CO)C(OC2OC(CO)C(OC3OC(CO)C(O)C(O)C3O)C(O)C2O)C(O)C1O)C(O)/C=C/CC/C=C/CCCCCCCCCCCCCCCCCCCCCC. The fourth-order valence-electron chi connectivity index (χ4n) is 12.4. The van der Waals surface area contributed by atoms with Gasteiger partial charge in [0.15, 0.2) is 18.9 Å². The van der Waals surface area contributed by atoms with Crippen molar-refractivity contribution in [3.05, 3.63) is 134 Å². The van der Waals surface area contributed by atoms with Gasteiger partial charge in [-0.2, -0.15) is 0 Å². The summed E-state index contributed by atoms with van der Waals surface area (Å²) in [5, 5.41) is 121. The molecule has 17 unspecified atom stereocenters. The molecule has 3 heterocycles. The average molecular weight is 1440 g/mol. The number of ether oxygens (including phenoxy) is 6. The minimum absolute atomic E-state index is 0.186. The van der Waals surface area contributed by atoms with E-state index in [1.165, 1.54) is 122 Å². The summed E-state index contributed by atoms with van der Waals surface area (Å²) in [6.07, 6.45) is 61.4. The first-order chi connectivity index (χ1) is 49.8. The smallest absolute Gasteiger partial charge is 0.220 e. The quantitative estimate of drug-likeness (QED) is 0.0199. The van der Waals surface area contributed by atoms with E-state index in [0.717, 1.165) is 96.3 Å². The first kappa shape index (κ1) is 92.1. The lowest BCUT2D eigenvalue weighted by molar-refractivity contribution is -0.379. The van der Waals surface area contributed by atoms with E-state index in [0.29, 0.717) is 12.8 Å². The van der Waals surface area contributed by atoms with Gasteiger partial charge in [0.25, 0.3) is 0 Å². The number of amides is 1. The maximum atomic E-state index is 13.5. The zero-order valence-electron chi connectivity index (χ0n) is 62.3. The number of nitrogens with one attached hydrogen (secondary N) is 1. The first-order valence-corrected chi connectivity index (χ1v) is 39.4. The van der Waals surface area contributed by atoms with Gasteiger partial charge in [-0.1, -0.05) is 276 Å². The molecular weight excluding hydrogens is 1300 g/mol. The highest BCUT2D eigenvalue weighted by Gasteiger charge is 2.53. The highest BCUT2D eigenvalue weighted by Crippen LogP contribution is 2.33. The first-order valence-electron chi connectivity index (χ1n) is 39.4. The molecule has 0 aliphatic carbocycles. The van der Waals surface area contributed by atoms with E-state index < -0.39 is 124 Å². The normalized spacial score (nSPS) is 26.9. The summed E-state index contributed by atoms with van der Waals surface area (Å²) < 4.78 is 34.4. The van der Waals surface area contributed by atoms with E-state index in [9.17, 15) is 61.0 Å². The molecule has 17 atom stereocenters. The maximum Gasteiger partial charge on any atom is 0.220 e. The number of carbonyl (C=O) groups excluding carboxylic acids is 1. The molecular formula is C83H139NO18. The third-order valence-electron chi connectivity index (χ3n) is 18.7. The van der Waals surface area contributed by atoms with E-state index in [-0.39, 0.29) is 18.9 Å². The van der Waals surface area contributed by atoms with Crippen molar-refractivity contribution >= 4 is 5.91 Å². The molecule has 3 fully saturated rings. The molecule has 0 aromatic carbocycles. The third kappa shape index (κ3) is 41.7. The van der Waals surface area contributed by atoms with Crippen LogP contribution in [0.1, 0.15) is 251 Å². The summed E-state index contributed by atoms with van der Waals surface area (Å²) in [6, 6.07) is -1.02. The minimum atomic E-state index is -1.99. The van der Waals surface area contributed by atoms with Crippen molar-refractivity contribution in [1.29, 1.82) is 0 Å². The Morgan fingerprint density at radius 1 is 0.363 bits per heavy atom. The summed E-state index contributed by atoms with van der Waals surface area (Å²) in [5.74, 6) is -0.321. The Kier molecular flexibility index (Phi) is 56.0. The molecule has 19 heteroatoms. The molecule has 19 nitrogen and oxygen atoms in total. The van der Waals surface area contributed by atoms with Crippen LogP contribution in [-0.4, -0.2) is 193 Å². The number of aliphatic hydroxyl groups is 11. The Balaban J connectivity index is 1.43. The second kappa shape index (κ2) is 62.0. The number of hydrogen-bond acceptors (Lipinski definition) is 18. The van der Waals surface area contributed by atoms with Gasteiger partial charge in [-0.05, 0) is 103 Å². The number of unbranched alkanes of at least 4 members (excludes halogenated alkanes) is 24. The van der Waals surface area contributed by atoms with Crippen LogP contribution in [0.5, 0.6) is 0 Å². The van der Waals surface area contributed by atoms with Crippen LogP contribution in [0, 0.1) is 0 Å². The zero-order valence-corrected chi connectivity index (χ0v) is 62.3. The number of hydrogen-bond donors (Lipinski definition) is 12. The monoisotopic (exact) mass is 1440 g/mol. The van der Waals surface area contributed by atoms with E-state index in [4.69, 9.17) is 28.4 Å². The van der Waals surface area contributed by atoms with Crippen molar-refractivity contribution in [3.8, 4) is 0 Å². The van der Waals surface area contributed by atoms with Gasteiger partial charge in [0.2, 0.25) is 5.91 Å². The van der Waals surface area contributed by atoms with Crippen molar-refractivity contribution < 1.29 is 89.4 Å². The predicted octanol–water partition coefficient (Wildman–Crippen LogP) is 12.9. The second-order valence-electron chi connectivity index (χ2n) is 27.4. The molecule has 3 aliphatic rings. The Labute approximate surface area is 613 Å². The van der Waals surface area contributed by atoms with Crippen LogP contribution in [-0.2, 0) is 33.2 Å². The van der Waals surface area contributed by atoms with Gasteiger partial charge in [0.05, 0.1) is 38.6 Å². The van der Waals surface area contributed by atoms with Crippen LogP contribution in [0.2, 0.25) is 0 Å². The molecule has 584 valence electrons. The summed E-state index contributed by atoms with van der Waals surface area (Å²) in [5.41, 5.74) is 0. The second-order valence-corrected chi connectivity index (χ2v) is 27.4. The van der Waals surface area contributed by atoms with Crippen molar-refractivity contribution in [3.63, 3.8) is 0 Å². The van der Waals surface area contributed by atoms with Crippen LogP contribution in [0.15, 0.2) is 134 Å². The summed E-state index contributed by atoms with van der Waals surface area (Å²) >= 11 is 0. The number of allylic oxidation sites excluding steroid dienone is 21. The molecule has 1 amide bonds. The summed E-state index contributed by atoms with van der Waals surface area (Å²) in [7, 11) is 0. The topological polar surface area (TPSA) is 307 Å². The van der Waals surface area contributed by atoms with Crippen LogP contribution in [0.25, 0.3) is 0 Å². The maximum absolute atomic E-state index is 13.5. The highest BCUT2D eigenvalue weighted by atomic mass is 16.8. The van der Waals surface area contributed by atoms with Crippen molar-refractivity contribution in [2.24, 2.45) is 0 Å². The standard InChI is InChI=1S/C83H139NO18/c1-3-5-7-9-11-13-15-17-19-21-23-25-27-29-31-32-33-34-35-37-39-41-43-45-47-49-51-53-55-57-59-61-71(89)84-66(67(88)60-58-56-54-52-50-48-46-44-42-40-38-36-30-28-26-24-22-20-18-16-14-12-10-8-6-4-2)65-97-81-77(95)74(92)79(69(63-86)99-81)102-83-78(96)75(93)80(70(64-87)100-83)101-82-76(94)73(91)72(90)68(62-85)98-82/h5,7,11,13,17,19,23,25,29,31,33-34,37,39,43,45,49-52,58,60,66-70,72-83,85-88,90-96H,3-4,6,8-10,12,14-16,18,20-22,24,26-28,30,32,35-36,38,40-42,44,46-48,53-57,59,61-65H2,1-2H3,(H,84,89)/b7-5-,13-11-,19-17-,25-23-,31-29-,34-33-,39-37-,45-43-,51-49-,52-50+,60-58+. The molecule has 0 aromatic rings. The summed E-state index contributed by atoms with van der Waals surface area (Å²) in [4.78, 5) is 13.5. The number of aliphatic hydroxyl groups excluding tert-OH is 11. The number of rotatable bonds is 60. The molecule has 3 rings (SSSR count). The van der Waals surface area contributed by atoms with Gasteiger partial charge in [-0.25, -0.2) is 0 Å². The Morgan fingerprint density at radius 3 is 1.10 bits per heavy atom. The Bertz CT molecular complexity index is 2370. The molecule has 0 aromatic heterocycles. The van der Waals surface area contributed by atoms with Crippen LogP contribution in [0.3, 0.4) is 0 Å². The van der Waals surface area contributed by atoms with Crippen molar-refractivity contribution in [1.82, 2.24) is 5.32 Å². The molecule has 3 aliphatic heterocycles. The fourth-order valence-corrected chi connectivity index (χ4v) is 12.4. The van der Waals surface area contributed by atoms with Crippen molar-refractivity contribution in [2.75, 3.05) is 26.4 Å². The van der Waals surface area contributed by atoms with Crippen molar-refractivity contribution in [2.45, 2.75) is 356 Å². The molecule has 102 heavy (non-hydrogen) atoms. The van der Waals surface area contributed by atoms with Gasteiger partial charge in [-0.3, -0.25) is 4.79 Å². The Morgan fingerprint density at radius 2 is 0.686 bits per heavy atom. The average Bonchev–Trinajstić information content (AvgIpc) is 0.781. The number of carbonyl (C=O) groups is 1. The lowest BCUT2D eigenvalue weighted by Crippen LogP contribution is -2.66. The van der Waals surface area contributed by atoms with Crippen LogP contribution in [0.4, 0.5) is 0 Å². The van der Waals surface area contributed by atoms with E-state index >= 15 is 0 Å². The van der Waals surface area contributed by atoms with Gasteiger partial charge < -0.3 is 89.9 Å². The largest absolute Gasteiger partial charge is 0.394 e. The molecule has 12 N–H and O–H groups in total. The van der Waals surface area contributed by atoms with E-state index in [1.54, 1.807) is 6.08 Å². The van der Waals surface area contributed by atoms with Gasteiger partial charge >= 0.3 is 0 Å². The van der Waals surface area contributed by atoms with Gasteiger partial charge in [0.1, 0.15) is 73.2 Å². The van der Waals surface area contributed by atoms with Gasteiger partial charge in [0, 0.05) is 6.42 Å². The lowest BCUT2D eigenvalue weighted by Gasteiger charge is -2.48. The third-order valence-corrected chi connectivity index (χ3v) is 18.7. The van der Waals surface area contributed by atoms with Gasteiger partial charge in [-0.15, -0.1) is 0 Å². The summed E-state index contributed by atoms with van der Waals surface area (Å²) in [6.45, 7) is 1.58. The molecule has 0 spiro atoms. The molecule has 0 bridgehead atoms. The molecule has 0 radical (unpaired) electrons. The predicted molar refractivity (Wildman–Crippen MR) is 406 cm³/mol. The lowest BCUT2D eigenvalue weighted by atomic mass is 9.96. The highest BCUT2D eigenvalue weighted by molar-refractivity contribution is 5.76. The fraction of sp³-hybridized carbons (Fsp3) is 0.723. The van der Waals surface area contributed by atoms with Crippen LogP contribution >= 0.6 is 0 Å². The zero-order chi connectivity index (χ0) is 73.9.